The molecule has 0 saturated heterocycles. The van der Waals surface area contributed by atoms with E-state index in [2.05, 4.69) is 5.32 Å². The Kier molecular flexibility index (Phi) is 5.81. The van der Waals surface area contributed by atoms with E-state index in [-0.39, 0.29) is 6.54 Å². The molecule has 2 N–H and O–H groups in total. The molecule has 0 saturated carbocycles. The monoisotopic (exact) mass is 239 g/mol. The molecule has 0 aromatic heterocycles. The number of hydrogen-bond acceptors (Lipinski definition) is 4. The molecule has 2 unspecified atom stereocenters. The lowest BCUT2D eigenvalue weighted by molar-refractivity contribution is -0.157. The maximum atomic E-state index is 11.9. The molecule has 0 aliphatic carbocycles. The maximum absolute atomic E-state index is 11.9. The van der Waals surface area contributed by atoms with Crippen LogP contribution >= 0.6 is 0 Å². The van der Waals surface area contributed by atoms with Crippen LogP contribution in [-0.2, 0) is 9.53 Å². The third kappa shape index (κ3) is 6.68. The van der Waals surface area contributed by atoms with Crippen LogP contribution < -0.4 is 5.32 Å². The Morgan fingerprint density at radius 3 is 2.31 bits per heavy atom. The van der Waals surface area contributed by atoms with E-state index in [1.807, 2.05) is 0 Å². The van der Waals surface area contributed by atoms with Gasteiger partial charge in [-0.2, -0.15) is 0 Å². The van der Waals surface area contributed by atoms with E-state index in [0.717, 1.165) is 0 Å². The van der Waals surface area contributed by atoms with Crippen molar-refractivity contribution < 1.29 is 23.4 Å². The van der Waals surface area contributed by atoms with Crippen LogP contribution in [0.1, 0.15) is 27.7 Å². The van der Waals surface area contributed by atoms with E-state index < -0.39 is 30.1 Å². The summed E-state index contributed by atoms with van der Waals surface area (Å²) >= 11 is 0. The SMILES string of the molecule is CC(NCC(O)C(F)F)C(=O)OC(C)(C)C. The number of hydrogen-bond donors (Lipinski definition) is 2. The molecular weight excluding hydrogens is 220 g/mol. The van der Waals surface area contributed by atoms with Gasteiger partial charge in [0.15, 0.2) is 0 Å². The first-order chi connectivity index (χ1) is 7.13. The van der Waals surface area contributed by atoms with Gasteiger partial charge in [-0.05, 0) is 27.7 Å². The van der Waals surface area contributed by atoms with Crippen molar-refractivity contribution in [3.05, 3.63) is 0 Å². The van der Waals surface area contributed by atoms with Crippen LogP contribution in [-0.4, -0.2) is 41.8 Å². The highest BCUT2D eigenvalue weighted by Gasteiger charge is 2.23. The Morgan fingerprint density at radius 2 is 1.94 bits per heavy atom. The zero-order valence-corrected chi connectivity index (χ0v) is 9.96. The van der Waals surface area contributed by atoms with Gasteiger partial charge in [-0.25, -0.2) is 8.78 Å². The maximum Gasteiger partial charge on any atom is 0.323 e. The van der Waals surface area contributed by atoms with E-state index in [1.54, 1.807) is 20.8 Å². The molecule has 0 spiro atoms. The highest BCUT2D eigenvalue weighted by atomic mass is 19.3. The Labute approximate surface area is 94.0 Å². The highest BCUT2D eigenvalue weighted by molar-refractivity contribution is 5.75. The van der Waals surface area contributed by atoms with Gasteiger partial charge in [-0.3, -0.25) is 4.79 Å². The number of rotatable bonds is 5. The van der Waals surface area contributed by atoms with Crippen LogP contribution in [0.3, 0.4) is 0 Å². The normalized spacial score (nSPS) is 16.0. The molecule has 0 radical (unpaired) electrons. The van der Waals surface area contributed by atoms with E-state index in [4.69, 9.17) is 9.84 Å². The van der Waals surface area contributed by atoms with Gasteiger partial charge in [0.25, 0.3) is 6.43 Å². The van der Waals surface area contributed by atoms with Crippen molar-refractivity contribution >= 4 is 5.97 Å². The third-order valence-electron chi connectivity index (χ3n) is 1.68. The lowest BCUT2D eigenvalue weighted by Crippen LogP contribution is -2.43. The van der Waals surface area contributed by atoms with Crippen molar-refractivity contribution in [3.8, 4) is 0 Å². The number of halogens is 2. The van der Waals surface area contributed by atoms with Crippen LogP contribution in [0.25, 0.3) is 0 Å². The van der Waals surface area contributed by atoms with Gasteiger partial charge in [0, 0.05) is 6.54 Å². The summed E-state index contributed by atoms with van der Waals surface area (Å²) in [6.45, 7) is 6.28. The Bertz CT molecular complexity index is 229. The molecule has 16 heavy (non-hydrogen) atoms. The summed E-state index contributed by atoms with van der Waals surface area (Å²) in [5, 5.41) is 11.3. The van der Waals surface area contributed by atoms with E-state index in [9.17, 15) is 13.6 Å². The average molecular weight is 239 g/mol. The summed E-state index contributed by atoms with van der Waals surface area (Å²) in [6, 6.07) is -0.729. The summed E-state index contributed by atoms with van der Waals surface area (Å²) in [7, 11) is 0. The first-order valence-corrected chi connectivity index (χ1v) is 5.06. The minimum Gasteiger partial charge on any atom is -0.459 e. The molecule has 0 aliphatic heterocycles. The van der Waals surface area contributed by atoms with Crippen molar-refractivity contribution in [1.82, 2.24) is 5.32 Å². The second-order valence-corrected chi connectivity index (χ2v) is 4.57. The molecule has 0 amide bonds. The van der Waals surface area contributed by atoms with Crippen molar-refractivity contribution in [2.45, 2.75) is 51.9 Å². The molecule has 0 aromatic rings. The van der Waals surface area contributed by atoms with Gasteiger partial charge in [0.05, 0.1) is 0 Å². The number of esters is 1. The predicted molar refractivity (Wildman–Crippen MR) is 55.3 cm³/mol. The molecule has 6 heteroatoms. The molecule has 96 valence electrons. The highest BCUT2D eigenvalue weighted by Crippen LogP contribution is 2.08. The fourth-order valence-electron chi connectivity index (χ4n) is 0.860. The van der Waals surface area contributed by atoms with E-state index >= 15 is 0 Å². The number of alkyl halides is 2. The molecule has 4 nitrogen and oxygen atoms in total. The van der Waals surface area contributed by atoms with Crippen LogP contribution in [0.4, 0.5) is 8.78 Å². The molecule has 0 rings (SSSR count). The first kappa shape index (κ1) is 15.2. The van der Waals surface area contributed by atoms with Gasteiger partial charge < -0.3 is 15.2 Å². The second-order valence-electron chi connectivity index (χ2n) is 4.57. The molecule has 0 bridgehead atoms. The number of ether oxygens (including phenoxy) is 1. The lowest BCUT2D eigenvalue weighted by Gasteiger charge is -2.23. The lowest BCUT2D eigenvalue weighted by atomic mass is 10.2. The summed E-state index contributed by atoms with van der Waals surface area (Å²) in [4.78, 5) is 11.4. The average Bonchev–Trinajstić information content (AvgIpc) is 2.10. The van der Waals surface area contributed by atoms with Gasteiger partial charge in [0.1, 0.15) is 17.7 Å². The van der Waals surface area contributed by atoms with Crippen LogP contribution in [0.2, 0.25) is 0 Å². The van der Waals surface area contributed by atoms with E-state index in [0.29, 0.717) is 0 Å². The zero-order chi connectivity index (χ0) is 12.9. The molecular formula is C10H19F2NO3. The van der Waals surface area contributed by atoms with Crippen molar-refractivity contribution in [3.63, 3.8) is 0 Å². The van der Waals surface area contributed by atoms with Crippen LogP contribution in [0, 0.1) is 0 Å². The third-order valence-corrected chi connectivity index (χ3v) is 1.68. The fraction of sp³-hybridized carbons (Fsp3) is 0.900. The minimum absolute atomic E-state index is 0.349. The summed E-state index contributed by atoms with van der Waals surface area (Å²) in [6.07, 6.45) is -4.59. The Morgan fingerprint density at radius 1 is 1.44 bits per heavy atom. The van der Waals surface area contributed by atoms with Gasteiger partial charge in [-0.15, -0.1) is 0 Å². The number of aliphatic hydroxyl groups excluding tert-OH is 1. The summed E-state index contributed by atoms with van der Waals surface area (Å²) in [5.41, 5.74) is -0.617. The predicted octanol–water partition coefficient (Wildman–Crippen LogP) is 0.932. The fourth-order valence-corrected chi connectivity index (χ4v) is 0.860. The number of nitrogens with one attached hydrogen (secondary N) is 1. The number of carbonyl (C=O) groups is 1. The van der Waals surface area contributed by atoms with Gasteiger partial charge >= 0.3 is 5.97 Å². The molecule has 0 aliphatic rings. The second kappa shape index (κ2) is 6.10. The standard InChI is InChI=1S/C10H19F2NO3/c1-6(9(15)16-10(2,3)4)13-5-7(14)8(11)12/h6-8,13-14H,5H2,1-4H3. The largest absolute Gasteiger partial charge is 0.459 e. The van der Waals surface area contributed by atoms with Crippen molar-refractivity contribution in [2.24, 2.45) is 0 Å². The smallest absolute Gasteiger partial charge is 0.323 e. The van der Waals surface area contributed by atoms with Gasteiger partial charge in [0.2, 0.25) is 0 Å². The van der Waals surface area contributed by atoms with Crippen LogP contribution in [0.5, 0.6) is 0 Å². The van der Waals surface area contributed by atoms with E-state index in [1.165, 1.54) is 6.92 Å². The molecule has 0 fully saturated rings. The van der Waals surface area contributed by atoms with Crippen molar-refractivity contribution in [2.75, 3.05) is 6.54 Å². The Balaban J connectivity index is 3.98. The molecule has 2 atom stereocenters. The minimum atomic E-state index is -2.82. The van der Waals surface area contributed by atoms with Gasteiger partial charge in [-0.1, -0.05) is 0 Å². The van der Waals surface area contributed by atoms with Crippen LogP contribution in [0.15, 0.2) is 0 Å². The molecule has 0 heterocycles. The quantitative estimate of drug-likeness (QED) is 0.701. The topological polar surface area (TPSA) is 58.6 Å². The van der Waals surface area contributed by atoms with Crippen molar-refractivity contribution in [1.29, 1.82) is 0 Å². The molecule has 0 aromatic carbocycles. The Hall–Kier alpha value is -0.750. The zero-order valence-electron chi connectivity index (χ0n) is 9.96. The number of aliphatic hydroxyl groups is 1. The summed E-state index contributed by atoms with van der Waals surface area (Å²) < 4.78 is 28.9. The number of carbonyl (C=O) groups excluding carboxylic acids is 1. The summed E-state index contributed by atoms with van der Waals surface area (Å²) in [5.74, 6) is -0.533. The first-order valence-electron chi connectivity index (χ1n) is 5.06.